The zero-order chi connectivity index (χ0) is 19.9. The highest BCUT2D eigenvalue weighted by Crippen LogP contribution is 1.93. The van der Waals surface area contributed by atoms with Gasteiger partial charge in [-0.15, -0.1) is 0 Å². The molecule has 0 radical (unpaired) electrons. The van der Waals surface area contributed by atoms with Crippen LogP contribution in [0.5, 0.6) is 0 Å². The van der Waals surface area contributed by atoms with E-state index in [1.54, 1.807) is 0 Å². The van der Waals surface area contributed by atoms with E-state index < -0.39 is 50.1 Å². The SMILES string of the molecule is C1CNCCN1.O=C([O-])CN(CCN(CC(=O)[O-])CC(=O)O)CC(=O)O. The number of carboxylic acid groups (broad SMARTS) is 4. The zero-order valence-electron chi connectivity index (χ0n) is 14.3. The van der Waals surface area contributed by atoms with Crippen LogP contribution in [0.1, 0.15) is 0 Å². The maximum atomic E-state index is 10.5. The van der Waals surface area contributed by atoms with Gasteiger partial charge in [0.05, 0.1) is 25.0 Å². The second-order valence-corrected chi connectivity index (χ2v) is 5.45. The van der Waals surface area contributed by atoms with E-state index in [9.17, 15) is 29.4 Å². The molecule has 0 spiro atoms. The maximum Gasteiger partial charge on any atom is 0.317 e. The Morgan fingerprint density at radius 2 is 1.00 bits per heavy atom. The van der Waals surface area contributed by atoms with Crippen LogP contribution in [0.3, 0.4) is 0 Å². The van der Waals surface area contributed by atoms with Gasteiger partial charge in [0, 0.05) is 52.4 Å². The molecule has 0 aromatic carbocycles. The first-order valence-electron chi connectivity index (χ1n) is 7.90. The molecule has 0 bridgehead atoms. The number of hydrogen-bond acceptors (Lipinski definition) is 10. The summed E-state index contributed by atoms with van der Waals surface area (Å²) >= 11 is 0. The van der Waals surface area contributed by atoms with Crippen molar-refractivity contribution in [1.82, 2.24) is 20.4 Å². The quantitative estimate of drug-likeness (QED) is 0.268. The molecule has 0 aliphatic carbocycles. The first-order chi connectivity index (χ1) is 12.2. The van der Waals surface area contributed by atoms with Crippen molar-refractivity contribution in [3.8, 4) is 0 Å². The fourth-order valence-electron chi connectivity index (χ4n) is 2.06. The molecule has 1 aliphatic heterocycles. The minimum Gasteiger partial charge on any atom is -0.549 e. The molecular formula is C14H24N4O8-2. The second kappa shape index (κ2) is 13.9. The predicted octanol–water partition coefficient (Wildman–Crippen LogP) is -5.56. The standard InChI is InChI=1S/C10H16N2O8.C4H10N2/c13-7(14)3-11(4-8(15)16)1-2-12(5-9(17)18)6-10(19)20;1-2-6-4-3-5-1/h1-6H2,(H,13,14)(H,15,16)(H,17,18)(H,19,20);5-6H,1-4H2/p-2. The van der Waals surface area contributed by atoms with E-state index in [0.717, 1.165) is 36.0 Å². The highest BCUT2D eigenvalue weighted by atomic mass is 16.4. The van der Waals surface area contributed by atoms with Gasteiger partial charge >= 0.3 is 11.9 Å². The van der Waals surface area contributed by atoms with Crippen molar-refractivity contribution in [1.29, 1.82) is 0 Å². The van der Waals surface area contributed by atoms with Crippen LogP contribution in [-0.4, -0.2) is 109 Å². The lowest BCUT2D eigenvalue weighted by atomic mass is 10.4. The van der Waals surface area contributed by atoms with Crippen LogP contribution in [-0.2, 0) is 19.2 Å². The third kappa shape index (κ3) is 15.3. The van der Waals surface area contributed by atoms with Crippen molar-refractivity contribution in [2.75, 3.05) is 65.4 Å². The summed E-state index contributed by atoms with van der Waals surface area (Å²) in [5.74, 6) is -5.52. The third-order valence-corrected chi connectivity index (χ3v) is 3.11. The van der Waals surface area contributed by atoms with Gasteiger partial charge < -0.3 is 40.6 Å². The summed E-state index contributed by atoms with van der Waals surface area (Å²) in [6.45, 7) is 1.80. The number of hydrogen-bond donors (Lipinski definition) is 4. The van der Waals surface area contributed by atoms with E-state index in [2.05, 4.69) is 10.6 Å². The summed E-state index contributed by atoms with van der Waals surface area (Å²) in [5, 5.41) is 44.5. The normalized spacial score (nSPS) is 13.8. The third-order valence-electron chi connectivity index (χ3n) is 3.11. The molecule has 150 valence electrons. The van der Waals surface area contributed by atoms with Crippen LogP contribution < -0.4 is 20.8 Å². The summed E-state index contributed by atoms with van der Waals surface area (Å²) in [6.07, 6.45) is 0. The maximum absolute atomic E-state index is 10.5. The Labute approximate surface area is 150 Å². The van der Waals surface area contributed by atoms with Crippen LogP contribution in [0, 0.1) is 0 Å². The molecule has 0 saturated carbocycles. The molecule has 0 amide bonds. The van der Waals surface area contributed by atoms with Crippen molar-refractivity contribution < 1.29 is 39.6 Å². The summed E-state index contributed by atoms with van der Waals surface area (Å²) in [4.78, 5) is 43.9. The van der Waals surface area contributed by atoms with E-state index in [0.29, 0.717) is 0 Å². The summed E-state index contributed by atoms with van der Waals surface area (Å²) < 4.78 is 0. The fourth-order valence-corrected chi connectivity index (χ4v) is 2.06. The van der Waals surface area contributed by atoms with E-state index in [1.807, 2.05) is 0 Å². The van der Waals surface area contributed by atoms with E-state index in [4.69, 9.17) is 10.2 Å². The molecule has 26 heavy (non-hydrogen) atoms. The van der Waals surface area contributed by atoms with Crippen LogP contribution in [0.2, 0.25) is 0 Å². The minimum atomic E-state index is -1.49. The molecule has 1 saturated heterocycles. The largest absolute Gasteiger partial charge is 0.549 e. The fraction of sp³-hybridized carbons (Fsp3) is 0.714. The lowest BCUT2D eigenvalue weighted by Gasteiger charge is -2.26. The van der Waals surface area contributed by atoms with Crippen molar-refractivity contribution in [3.63, 3.8) is 0 Å². The van der Waals surface area contributed by atoms with E-state index in [1.165, 1.54) is 0 Å². The number of nitrogens with one attached hydrogen (secondary N) is 2. The minimum absolute atomic E-state index is 0.138. The van der Waals surface area contributed by atoms with E-state index >= 15 is 0 Å². The number of carboxylic acids is 4. The molecule has 4 N–H and O–H groups in total. The molecule has 12 nitrogen and oxygen atoms in total. The number of piperazine rings is 1. The van der Waals surface area contributed by atoms with Crippen LogP contribution in [0.25, 0.3) is 0 Å². The lowest BCUT2D eigenvalue weighted by Crippen LogP contribution is -2.47. The van der Waals surface area contributed by atoms with Crippen molar-refractivity contribution in [2.24, 2.45) is 0 Å². The highest BCUT2D eigenvalue weighted by Gasteiger charge is 2.14. The van der Waals surface area contributed by atoms with Crippen LogP contribution >= 0.6 is 0 Å². The summed E-state index contributed by atoms with van der Waals surface area (Å²) in [7, 11) is 0. The smallest absolute Gasteiger partial charge is 0.317 e. The zero-order valence-corrected chi connectivity index (χ0v) is 14.3. The Balaban J connectivity index is 0.000000867. The Kier molecular flexibility index (Phi) is 12.7. The summed E-state index contributed by atoms with van der Waals surface area (Å²) in [6, 6.07) is 0. The number of carbonyl (C=O) groups is 4. The van der Waals surface area contributed by atoms with Gasteiger partial charge in [-0.05, 0) is 0 Å². The van der Waals surface area contributed by atoms with Gasteiger partial charge in [0.25, 0.3) is 0 Å². The van der Waals surface area contributed by atoms with Gasteiger partial charge in [-0.25, -0.2) is 0 Å². The molecule has 12 heteroatoms. The van der Waals surface area contributed by atoms with Crippen LogP contribution in [0.4, 0.5) is 0 Å². The second-order valence-electron chi connectivity index (χ2n) is 5.45. The van der Waals surface area contributed by atoms with Gasteiger partial charge in [0.2, 0.25) is 0 Å². The van der Waals surface area contributed by atoms with Crippen LogP contribution in [0.15, 0.2) is 0 Å². The molecule has 1 rings (SSSR count). The van der Waals surface area contributed by atoms with Crippen molar-refractivity contribution in [3.05, 3.63) is 0 Å². The Hall–Kier alpha value is -2.28. The number of rotatable bonds is 11. The van der Waals surface area contributed by atoms with Gasteiger partial charge in [-0.1, -0.05) is 0 Å². The molecule has 0 unspecified atom stereocenters. The lowest BCUT2D eigenvalue weighted by molar-refractivity contribution is -0.308. The topological polar surface area (TPSA) is 185 Å². The van der Waals surface area contributed by atoms with Gasteiger partial charge in [-0.2, -0.15) is 0 Å². The Morgan fingerprint density at radius 1 is 0.692 bits per heavy atom. The van der Waals surface area contributed by atoms with Crippen molar-refractivity contribution >= 4 is 23.9 Å². The molecular weight excluding hydrogens is 352 g/mol. The molecule has 1 heterocycles. The number of nitrogens with zero attached hydrogens (tertiary/aromatic N) is 2. The van der Waals surface area contributed by atoms with Crippen molar-refractivity contribution in [2.45, 2.75) is 0 Å². The summed E-state index contributed by atoms with van der Waals surface area (Å²) in [5.41, 5.74) is 0. The average molecular weight is 376 g/mol. The van der Waals surface area contributed by atoms with Gasteiger partial charge in [0.1, 0.15) is 0 Å². The molecule has 0 atom stereocenters. The van der Waals surface area contributed by atoms with E-state index in [-0.39, 0.29) is 13.1 Å². The Bertz CT molecular complexity index is 390. The molecule has 0 aromatic heterocycles. The molecule has 0 aromatic rings. The number of aliphatic carboxylic acids is 4. The molecule has 1 fully saturated rings. The van der Waals surface area contributed by atoms with Gasteiger partial charge in [-0.3, -0.25) is 19.4 Å². The van der Waals surface area contributed by atoms with Gasteiger partial charge in [0.15, 0.2) is 0 Å². The molecule has 1 aliphatic rings. The average Bonchev–Trinajstić information content (AvgIpc) is 2.52. The first kappa shape index (κ1) is 23.7. The first-order valence-corrected chi connectivity index (χ1v) is 7.90. The highest BCUT2D eigenvalue weighted by molar-refractivity contribution is 5.72. The predicted molar refractivity (Wildman–Crippen MR) is 83.9 cm³/mol. The number of carbonyl (C=O) groups excluding carboxylic acids is 2. The monoisotopic (exact) mass is 376 g/mol. The Morgan fingerprint density at radius 3 is 1.19 bits per heavy atom.